The zero-order valence-electron chi connectivity index (χ0n) is 14.1. The van der Waals surface area contributed by atoms with E-state index in [1.165, 1.54) is 17.0 Å². The molecule has 0 radical (unpaired) electrons. The molecule has 6 heteroatoms. The van der Waals surface area contributed by atoms with Crippen molar-refractivity contribution in [3.05, 3.63) is 35.6 Å². The molecule has 1 saturated heterocycles. The summed E-state index contributed by atoms with van der Waals surface area (Å²) >= 11 is 0. The van der Waals surface area contributed by atoms with Gasteiger partial charge in [0.25, 0.3) is 5.91 Å². The number of carbonyl (C=O) groups is 2. The lowest BCUT2D eigenvalue weighted by Crippen LogP contribution is -2.40. The monoisotopic (exact) mass is 321 g/mol. The molecule has 23 heavy (non-hydrogen) atoms. The van der Waals surface area contributed by atoms with E-state index in [0.717, 1.165) is 12.1 Å². The van der Waals surface area contributed by atoms with E-state index in [1.807, 2.05) is 14.0 Å². The maximum Gasteiger partial charge on any atom is 0.325 e. The van der Waals surface area contributed by atoms with Crippen molar-refractivity contribution in [3.63, 3.8) is 0 Å². The minimum Gasteiger partial charge on any atom is -0.324 e. The molecule has 3 amide bonds. The SMILES string of the molecule is C[C@H](c1ccc(F)cc1)N(C)CCCN1C(=O)NC(C)(C)C1=O. The highest BCUT2D eigenvalue weighted by molar-refractivity contribution is 6.06. The highest BCUT2D eigenvalue weighted by Gasteiger charge is 2.43. The van der Waals surface area contributed by atoms with E-state index in [2.05, 4.69) is 10.2 Å². The first kappa shape index (κ1) is 17.4. The molecule has 1 heterocycles. The van der Waals surface area contributed by atoms with Crippen molar-refractivity contribution in [1.82, 2.24) is 15.1 Å². The van der Waals surface area contributed by atoms with Crippen LogP contribution in [-0.4, -0.2) is 47.4 Å². The van der Waals surface area contributed by atoms with Crippen LogP contribution in [0.5, 0.6) is 0 Å². The van der Waals surface area contributed by atoms with Gasteiger partial charge in [0.1, 0.15) is 11.4 Å². The molecule has 1 aromatic rings. The van der Waals surface area contributed by atoms with Crippen LogP contribution < -0.4 is 5.32 Å². The van der Waals surface area contributed by atoms with Gasteiger partial charge in [-0.25, -0.2) is 9.18 Å². The van der Waals surface area contributed by atoms with E-state index >= 15 is 0 Å². The Morgan fingerprint density at radius 2 is 1.87 bits per heavy atom. The Balaban J connectivity index is 1.85. The number of nitrogens with one attached hydrogen (secondary N) is 1. The van der Waals surface area contributed by atoms with E-state index in [-0.39, 0.29) is 23.8 Å². The van der Waals surface area contributed by atoms with Crippen LogP contribution in [0.2, 0.25) is 0 Å². The van der Waals surface area contributed by atoms with Crippen molar-refractivity contribution in [2.24, 2.45) is 0 Å². The topological polar surface area (TPSA) is 52.6 Å². The maximum absolute atomic E-state index is 13.0. The molecule has 0 aliphatic carbocycles. The standard InChI is InChI=1S/C17H24FN3O2/c1-12(13-6-8-14(18)9-7-13)20(4)10-5-11-21-15(22)17(2,3)19-16(21)23/h6-9,12H,5,10-11H2,1-4H3,(H,19,23)/t12-/m1/s1. The number of carbonyl (C=O) groups excluding carboxylic acids is 2. The van der Waals surface area contributed by atoms with E-state index < -0.39 is 5.54 Å². The Morgan fingerprint density at radius 3 is 2.39 bits per heavy atom. The van der Waals surface area contributed by atoms with Crippen LogP contribution in [0.25, 0.3) is 0 Å². The lowest BCUT2D eigenvalue weighted by atomic mass is 10.1. The van der Waals surface area contributed by atoms with E-state index in [0.29, 0.717) is 13.0 Å². The minimum atomic E-state index is -0.815. The molecule has 1 aromatic carbocycles. The molecule has 1 N–H and O–H groups in total. The predicted molar refractivity (Wildman–Crippen MR) is 86.4 cm³/mol. The fraction of sp³-hybridized carbons (Fsp3) is 0.529. The quantitative estimate of drug-likeness (QED) is 0.819. The Hall–Kier alpha value is -1.95. The van der Waals surface area contributed by atoms with E-state index in [4.69, 9.17) is 0 Å². The van der Waals surface area contributed by atoms with Crippen molar-refractivity contribution in [2.45, 2.75) is 38.8 Å². The molecule has 0 bridgehead atoms. The molecule has 126 valence electrons. The fourth-order valence-electron chi connectivity index (χ4n) is 2.69. The van der Waals surface area contributed by atoms with Gasteiger partial charge in [-0.3, -0.25) is 14.6 Å². The summed E-state index contributed by atoms with van der Waals surface area (Å²) in [6.45, 7) is 6.58. The first-order valence-corrected chi connectivity index (χ1v) is 7.82. The molecule has 5 nitrogen and oxygen atoms in total. The molecule has 0 spiro atoms. The summed E-state index contributed by atoms with van der Waals surface area (Å²) in [4.78, 5) is 27.3. The summed E-state index contributed by atoms with van der Waals surface area (Å²) in [5.74, 6) is -0.429. The molecule has 0 unspecified atom stereocenters. The van der Waals surface area contributed by atoms with Crippen molar-refractivity contribution < 1.29 is 14.0 Å². The summed E-state index contributed by atoms with van der Waals surface area (Å²) in [6.07, 6.45) is 0.692. The number of benzene rings is 1. The number of nitrogens with zero attached hydrogens (tertiary/aromatic N) is 2. The lowest BCUT2D eigenvalue weighted by Gasteiger charge is -2.26. The lowest BCUT2D eigenvalue weighted by molar-refractivity contribution is -0.130. The second-order valence-electron chi connectivity index (χ2n) is 6.57. The molecular weight excluding hydrogens is 297 g/mol. The Bertz CT molecular complexity index is 586. The maximum atomic E-state index is 13.0. The van der Waals surface area contributed by atoms with Gasteiger partial charge in [-0.2, -0.15) is 0 Å². The van der Waals surface area contributed by atoms with Crippen molar-refractivity contribution in [2.75, 3.05) is 20.1 Å². The van der Waals surface area contributed by atoms with Gasteiger partial charge >= 0.3 is 6.03 Å². The van der Waals surface area contributed by atoms with Crippen LogP contribution >= 0.6 is 0 Å². The van der Waals surface area contributed by atoms with Gasteiger partial charge < -0.3 is 5.32 Å². The van der Waals surface area contributed by atoms with Crippen molar-refractivity contribution in [1.29, 1.82) is 0 Å². The fourth-order valence-corrected chi connectivity index (χ4v) is 2.69. The zero-order valence-corrected chi connectivity index (χ0v) is 14.1. The molecule has 1 aliphatic heterocycles. The van der Waals surface area contributed by atoms with Gasteiger partial charge in [0.05, 0.1) is 0 Å². The van der Waals surface area contributed by atoms with Gasteiger partial charge in [-0.05, 0) is 51.9 Å². The third kappa shape index (κ3) is 3.88. The number of imide groups is 1. The number of hydrogen-bond acceptors (Lipinski definition) is 3. The first-order chi connectivity index (χ1) is 10.7. The van der Waals surface area contributed by atoms with Gasteiger partial charge in [0, 0.05) is 19.1 Å². The Labute approximate surface area is 136 Å². The second kappa shape index (κ2) is 6.66. The van der Waals surface area contributed by atoms with Crippen LogP contribution in [0, 0.1) is 5.82 Å². The molecule has 2 rings (SSSR count). The van der Waals surface area contributed by atoms with Gasteiger partial charge in [-0.15, -0.1) is 0 Å². The average molecular weight is 321 g/mol. The molecule has 1 atom stereocenters. The number of urea groups is 1. The van der Waals surface area contributed by atoms with Crippen LogP contribution in [0.4, 0.5) is 9.18 Å². The van der Waals surface area contributed by atoms with Crippen LogP contribution in [-0.2, 0) is 4.79 Å². The summed E-state index contributed by atoms with van der Waals surface area (Å²) in [5, 5.41) is 2.67. The Morgan fingerprint density at radius 1 is 1.26 bits per heavy atom. The number of halogens is 1. The molecule has 0 aromatic heterocycles. The summed E-state index contributed by atoms with van der Waals surface area (Å²) < 4.78 is 13.0. The van der Waals surface area contributed by atoms with Crippen LogP contribution in [0.1, 0.15) is 38.8 Å². The van der Waals surface area contributed by atoms with Crippen LogP contribution in [0.3, 0.4) is 0 Å². The van der Waals surface area contributed by atoms with E-state index in [9.17, 15) is 14.0 Å². The summed E-state index contributed by atoms with van der Waals surface area (Å²) in [5.41, 5.74) is 0.217. The zero-order chi connectivity index (χ0) is 17.2. The molecule has 0 saturated carbocycles. The predicted octanol–water partition coefficient (Wildman–Crippen LogP) is 2.54. The van der Waals surface area contributed by atoms with Crippen molar-refractivity contribution in [3.8, 4) is 0 Å². The number of hydrogen-bond donors (Lipinski definition) is 1. The van der Waals surface area contributed by atoms with Crippen LogP contribution in [0.15, 0.2) is 24.3 Å². The van der Waals surface area contributed by atoms with Crippen molar-refractivity contribution >= 4 is 11.9 Å². The van der Waals surface area contributed by atoms with Gasteiger partial charge in [0.15, 0.2) is 0 Å². The number of amides is 3. The molecule has 1 fully saturated rings. The Kier molecular flexibility index (Phi) is 5.04. The third-order valence-corrected chi connectivity index (χ3v) is 4.35. The smallest absolute Gasteiger partial charge is 0.324 e. The summed E-state index contributed by atoms with van der Waals surface area (Å²) in [7, 11) is 1.98. The van der Waals surface area contributed by atoms with E-state index in [1.54, 1.807) is 26.0 Å². The largest absolute Gasteiger partial charge is 0.325 e. The normalized spacial score (nSPS) is 18.4. The average Bonchev–Trinajstić information content (AvgIpc) is 2.68. The first-order valence-electron chi connectivity index (χ1n) is 7.82. The highest BCUT2D eigenvalue weighted by atomic mass is 19.1. The van der Waals surface area contributed by atoms with Gasteiger partial charge in [-0.1, -0.05) is 12.1 Å². The third-order valence-electron chi connectivity index (χ3n) is 4.35. The highest BCUT2D eigenvalue weighted by Crippen LogP contribution is 2.20. The van der Waals surface area contributed by atoms with Gasteiger partial charge in [0.2, 0.25) is 0 Å². The summed E-state index contributed by atoms with van der Waals surface area (Å²) in [6, 6.07) is 6.26. The molecular formula is C17H24FN3O2. The second-order valence-corrected chi connectivity index (χ2v) is 6.57. The minimum absolute atomic E-state index is 0.134. The number of rotatable bonds is 6. The molecule has 1 aliphatic rings.